The highest BCUT2D eigenvalue weighted by atomic mass is 79.9. The fourth-order valence-corrected chi connectivity index (χ4v) is 2.39. The monoisotopic (exact) mass is 296 g/mol. The molecular weight excluding hydrogens is 284 g/mol. The lowest BCUT2D eigenvalue weighted by Crippen LogP contribution is -2.30. The van der Waals surface area contributed by atoms with Gasteiger partial charge in [0.2, 0.25) is 5.95 Å². The summed E-state index contributed by atoms with van der Waals surface area (Å²) in [5.41, 5.74) is 0.826. The molecule has 2 aromatic rings. The van der Waals surface area contributed by atoms with Crippen LogP contribution in [0.4, 0.5) is 5.95 Å². The second-order valence-electron chi connectivity index (χ2n) is 4.12. The summed E-state index contributed by atoms with van der Waals surface area (Å²) < 4.78 is 8.12. The third-order valence-electron chi connectivity index (χ3n) is 2.81. The van der Waals surface area contributed by atoms with Crippen LogP contribution in [0.2, 0.25) is 0 Å². The first-order valence-electron chi connectivity index (χ1n) is 5.68. The van der Waals surface area contributed by atoms with Gasteiger partial charge in [0.25, 0.3) is 0 Å². The van der Waals surface area contributed by atoms with Crippen LogP contribution in [0.15, 0.2) is 22.8 Å². The molecule has 1 unspecified atom stereocenters. The molecule has 1 fully saturated rings. The molecule has 1 aliphatic heterocycles. The van der Waals surface area contributed by atoms with E-state index >= 15 is 0 Å². The molecule has 3 heterocycles. The molecule has 6 heteroatoms. The molecular formula is C11H13BrN4O. The fourth-order valence-electron chi connectivity index (χ4n) is 1.97. The zero-order chi connectivity index (χ0) is 11.7. The molecule has 1 aliphatic rings. The maximum atomic E-state index is 5.42. The van der Waals surface area contributed by atoms with Crippen molar-refractivity contribution >= 4 is 27.5 Å². The van der Waals surface area contributed by atoms with E-state index < -0.39 is 0 Å². The number of fused-ring (bicyclic) bond motifs is 1. The van der Waals surface area contributed by atoms with Gasteiger partial charge in [0.1, 0.15) is 0 Å². The van der Waals surface area contributed by atoms with Crippen molar-refractivity contribution in [1.29, 1.82) is 0 Å². The van der Waals surface area contributed by atoms with Gasteiger partial charge in [-0.05, 0) is 40.9 Å². The van der Waals surface area contributed by atoms with Gasteiger partial charge in [0, 0.05) is 12.8 Å². The molecule has 0 spiro atoms. The second kappa shape index (κ2) is 4.62. The smallest absolute Gasteiger partial charge is 0.243 e. The number of hydrogen-bond acceptors (Lipinski definition) is 4. The van der Waals surface area contributed by atoms with Gasteiger partial charge in [-0.3, -0.25) is 0 Å². The van der Waals surface area contributed by atoms with Crippen LogP contribution in [0.25, 0.3) is 5.65 Å². The molecule has 0 amide bonds. The maximum absolute atomic E-state index is 5.42. The molecule has 3 rings (SSSR count). The number of nitrogens with one attached hydrogen (secondary N) is 1. The molecule has 5 nitrogen and oxygen atoms in total. The molecule has 1 atom stereocenters. The molecule has 1 N–H and O–H groups in total. The SMILES string of the molecule is Brc1cccn2nc(NC3CCCOC3)nc12. The van der Waals surface area contributed by atoms with Crippen molar-refractivity contribution in [3.63, 3.8) is 0 Å². The topological polar surface area (TPSA) is 51.5 Å². The van der Waals surface area contributed by atoms with Crippen LogP contribution in [-0.2, 0) is 4.74 Å². The van der Waals surface area contributed by atoms with E-state index in [-0.39, 0.29) is 0 Å². The molecule has 1 saturated heterocycles. The summed E-state index contributed by atoms with van der Waals surface area (Å²) in [5.74, 6) is 0.660. The molecule has 0 aromatic carbocycles. The van der Waals surface area contributed by atoms with E-state index in [1.165, 1.54) is 0 Å². The number of hydrogen-bond donors (Lipinski definition) is 1. The van der Waals surface area contributed by atoms with Gasteiger partial charge in [-0.15, -0.1) is 5.10 Å². The van der Waals surface area contributed by atoms with Crippen molar-refractivity contribution in [3.8, 4) is 0 Å². The van der Waals surface area contributed by atoms with Gasteiger partial charge >= 0.3 is 0 Å². The predicted octanol–water partition coefficient (Wildman–Crippen LogP) is 2.08. The first-order chi connectivity index (χ1) is 8.33. The van der Waals surface area contributed by atoms with Gasteiger partial charge in [0.15, 0.2) is 5.65 Å². The van der Waals surface area contributed by atoms with Gasteiger partial charge in [-0.2, -0.15) is 4.98 Å². The number of ether oxygens (including phenoxy) is 1. The van der Waals surface area contributed by atoms with Crippen LogP contribution in [0, 0.1) is 0 Å². The minimum Gasteiger partial charge on any atom is -0.379 e. The van der Waals surface area contributed by atoms with Gasteiger partial charge in [0.05, 0.1) is 17.1 Å². The standard InChI is InChI=1S/C11H13BrN4O/c12-9-4-1-5-16-10(9)14-11(15-16)13-8-3-2-6-17-7-8/h1,4-5,8H,2-3,6-7H2,(H,13,15). The highest BCUT2D eigenvalue weighted by Gasteiger charge is 2.15. The molecule has 0 aliphatic carbocycles. The van der Waals surface area contributed by atoms with Gasteiger partial charge in [-0.25, -0.2) is 4.52 Å². The molecule has 0 saturated carbocycles. The van der Waals surface area contributed by atoms with Crippen LogP contribution < -0.4 is 5.32 Å². The molecule has 0 bridgehead atoms. The van der Waals surface area contributed by atoms with Crippen LogP contribution >= 0.6 is 15.9 Å². The van der Waals surface area contributed by atoms with E-state index in [1.807, 2.05) is 18.3 Å². The van der Waals surface area contributed by atoms with E-state index in [0.717, 1.165) is 36.2 Å². The molecule has 17 heavy (non-hydrogen) atoms. The summed E-state index contributed by atoms with van der Waals surface area (Å²) in [6.07, 6.45) is 4.08. The maximum Gasteiger partial charge on any atom is 0.243 e. The lowest BCUT2D eigenvalue weighted by atomic mass is 10.1. The summed E-state index contributed by atoms with van der Waals surface area (Å²) in [6, 6.07) is 4.21. The summed E-state index contributed by atoms with van der Waals surface area (Å²) in [7, 11) is 0. The zero-order valence-corrected chi connectivity index (χ0v) is 10.9. The molecule has 2 aromatic heterocycles. The van der Waals surface area contributed by atoms with E-state index in [1.54, 1.807) is 4.52 Å². The largest absolute Gasteiger partial charge is 0.379 e. The van der Waals surface area contributed by atoms with Crippen LogP contribution in [-0.4, -0.2) is 33.9 Å². The van der Waals surface area contributed by atoms with E-state index in [4.69, 9.17) is 4.74 Å². The third kappa shape index (κ3) is 2.28. The first-order valence-corrected chi connectivity index (χ1v) is 6.47. The zero-order valence-electron chi connectivity index (χ0n) is 9.27. The third-order valence-corrected chi connectivity index (χ3v) is 3.43. The van der Waals surface area contributed by atoms with Crippen LogP contribution in [0.5, 0.6) is 0 Å². The number of anilines is 1. The summed E-state index contributed by atoms with van der Waals surface area (Å²) in [5, 5.41) is 7.69. The van der Waals surface area contributed by atoms with E-state index in [9.17, 15) is 0 Å². The fraction of sp³-hybridized carbons (Fsp3) is 0.455. The lowest BCUT2D eigenvalue weighted by molar-refractivity contribution is 0.0874. The van der Waals surface area contributed by atoms with E-state index in [0.29, 0.717) is 12.0 Å². The number of halogens is 1. The second-order valence-corrected chi connectivity index (χ2v) is 4.97. The number of nitrogens with zero attached hydrogens (tertiary/aromatic N) is 3. The number of pyridine rings is 1. The van der Waals surface area contributed by atoms with Crippen LogP contribution in [0.1, 0.15) is 12.8 Å². The van der Waals surface area contributed by atoms with Crippen molar-refractivity contribution < 1.29 is 4.74 Å². The average Bonchev–Trinajstić information content (AvgIpc) is 2.74. The van der Waals surface area contributed by atoms with Crippen LogP contribution in [0.3, 0.4) is 0 Å². The Morgan fingerprint density at radius 1 is 1.53 bits per heavy atom. The first kappa shape index (κ1) is 11.0. The minimum atomic E-state index is 0.319. The predicted molar refractivity (Wildman–Crippen MR) is 68.2 cm³/mol. The van der Waals surface area contributed by atoms with Gasteiger partial charge in [-0.1, -0.05) is 0 Å². The minimum absolute atomic E-state index is 0.319. The van der Waals surface area contributed by atoms with Crippen molar-refractivity contribution in [2.24, 2.45) is 0 Å². The highest BCUT2D eigenvalue weighted by molar-refractivity contribution is 9.10. The van der Waals surface area contributed by atoms with Crippen molar-refractivity contribution in [1.82, 2.24) is 14.6 Å². The Kier molecular flexibility index (Phi) is 2.98. The Hall–Kier alpha value is -1.14. The lowest BCUT2D eigenvalue weighted by Gasteiger charge is -2.22. The van der Waals surface area contributed by atoms with Crippen molar-refractivity contribution in [3.05, 3.63) is 22.8 Å². The van der Waals surface area contributed by atoms with Crippen molar-refractivity contribution in [2.75, 3.05) is 18.5 Å². The molecule has 90 valence electrons. The quantitative estimate of drug-likeness (QED) is 0.922. The summed E-state index contributed by atoms with van der Waals surface area (Å²) in [4.78, 5) is 4.44. The Morgan fingerprint density at radius 2 is 2.47 bits per heavy atom. The van der Waals surface area contributed by atoms with Crippen molar-refractivity contribution in [2.45, 2.75) is 18.9 Å². The number of rotatable bonds is 2. The Balaban J connectivity index is 1.83. The normalized spacial score (nSPS) is 20.6. The summed E-state index contributed by atoms with van der Waals surface area (Å²) in [6.45, 7) is 1.60. The Morgan fingerprint density at radius 3 is 3.24 bits per heavy atom. The number of aromatic nitrogens is 3. The average molecular weight is 297 g/mol. The Bertz CT molecular complexity index is 521. The Labute approximate surface area is 107 Å². The summed E-state index contributed by atoms with van der Waals surface area (Å²) >= 11 is 3.46. The highest BCUT2D eigenvalue weighted by Crippen LogP contribution is 2.18. The van der Waals surface area contributed by atoms with E-state index in [2.05, 4.69) is 31.3 Å². The molecule has 0 radical (unpaired) electrons. The van der Waals surface area contributed by atoms with Gasteiger partial charge < -0.3 is 10.1 Å².